The average Bonchev–Trinajstić information content (AvgIpc) is 2.80. The molecule has 1 aromatic heterocycles. The molecule has 0 amide bonds. The van der Waals surface area contributed by atoms with E-state index in [1.54, 1.807) is 14.2 Å². The molecular formula is C14H14N2O3. The molecule has 2 aromatic carbocycles. The molecule has 0 spiro atoms. The molecule has 3 aromatic rings. The first-order valence-electron chi connectivity index (χ1n) is 5.78. The van der Waals surface area contributed by atoms with Gasteiger partial charge in [0.25, 0.3) is 0 Å². The van der Waals surface area contributed by atoms with Crippen molar-refractivity contribution in [1.82, 2.24) is 0 Å². The molecule has 19 heavy (non-hydrogen) atoms. The zero-order valence-corrected chi connectivity index (χ0v) is 10.7. The maximum absolute atomic E-state index is 6.02. The highest BCUT2D eigenvalue weighted by Gasteiger charge is 2.16. The van der Waals surface area contributed by atoms with Gasteiger partial charge in [-0.1, -0.05) is 0 Å². The van der Waals surface area contributed by atoms with Crippen LogP contribution >= 0.6 is 0 Å². The Morgan fingerprint density at radius 2 is 1.21 bits per heavy atom. The fraction of sp³-hybridized carbons (Fsp3) is 0.143. The van der Waals surface area contributed by atoms with E-state index in [1.165, 1.54) is 0 Å². The summed E-state index contributed by atoms with van der Waals surface area (Å²) in [5.41, 5.74) is 14.1. The molecule has 3 rings (SSSR count). The van der Waals surface area contributed by atoms with Gasteiger partial charge >= 0.3 is 0 Å². The molecule has 98 valence electrons. The van der Waals surface area contributed by atoms with Crippen molar-refractivity contribution >= 4 is 33.3 Å². The first-order valence-corrected chi connectivity index (χ1v) is 5.78. The smallest absolute Gasteiger partial charge is 0.162 e. The number of hydrogen-bond donors (Lipinski definition) is 2. The SMILES string of the molecule is COc1ccc2c(oc3c(N)c(OC)ccc32)c1N. The van der Waals surface area contributed by atoms with E-state index in [4.69, 9.17) is 25.4 Å². The third-order valence-electron chi connectivity index (χ3n) is 3.25. The molecule has 0 saturated carbocycles. The van der Waals surface area contributed by atoms with E-state index in [9.17, 15) is 0 Å². The van der Waals surface area contributed by atoms with Crippen molar-refractivity contribution in [1.29, 1.82) is 0 Å². The van der Waals surface area contributed by atoms with Gasteiger partial charge in [0.05, 0.1) is 14.2 Å². The number of benzene rings is 2. The fourth-order valence-corrected chi connectivity index (χ4v) is 2.27. The third kappa shape index (κ3) is 1.48. The van der Waals surface area contributed by atoms with Crippen LogP contribution in [0.15, 0.2) is 28.7 Å². The maximum atomic E-state index is 6.02. The van der Waals surface area contributed by atoms with Crippen molar-refractivity contribution in [3.63, 3.8) is 0 Å². The molecule has 5 heteroatoms. The second-order valence-corrected chi connectivity index (χ2v) is 4.22. The summed E-state index contributed by atoms with van der Waals surface area (Å²) in [5, 5.41) is 1.81. The van der Waals surface area contributed by atoms with Crippen molar-refractivity contribution in [3.05, 3.63) is 24.3 Å². The van der Waals surface area contributed by atoms with Gasteiger partial charge in [-0.3, -0.25) is 0 Å². The van der Waals surface area contributed by atoms with Crippen LogP contribution in [0.5, 0.6) is 11.5 Å². The van der Waals surface area contributed by atoms with Gasteiger partial charge in [0.15, 0.2) is 11.2 Å². The van der Waals surface area contributed by atoms with Gasteiger partial charge in [-0.25, -0.2) is 0 Å². The number of hydrogen-bond acceptors (Lipinski definition) is 5. The monoisotopic (exact) mass is 258 g/mol. The minimum Gasteiger partial charge on any atom is -0.494 e. The molecule has 0 bridgehead atoms. The zero-order valence-electron chi connectivity index (χ0n) is 10.7. The number of furan rings is 1. The minimum absolute atomic E-state index is 0.467. The van der Waals surface area contributed by atoms with Crippen LogP contribution in [0, 0.1) is 0 Å². The maximum Gasteiger partial charge on any atom is 0.162 e. The molecule has 0 aliphatic rings. The van der Waals surface area contributed by atoms with Gasteiger partial charge in [-0.2, -0.15) is 0 Å². The summed E-state index contributed by atoms with van der Waals surface area (Å²) in [6, 6.07) is 7.44. The standard InChI is InChI=1S/C14H14N2O3/c1-17-9-5-3-7-8-4-6-10(18-2)12(16)14(8)19-13(7)11(9)15/h3-6H,15-16H2,1-2H3. The lowest BCUT2D eigenvalue weighted by Crippen LogP contribution is -1.91. The van der Waals surface area contributed by atoms with E-state index >= 15 is 0 Å². The van der Waals surface area contributed by atoms with Crippen LogP contribution in [0.1, 0.15) is 0 Å². The number of nitrogen functional groups attached to an aromatic ring is 2. The molecular weight excluding hydrogens is 244 g/mol. The molecule has 4 N–H and O–H groups in total. The first kappa shape index (κ1) is 11.5. The van der Waals surface area contributed by atoms with E-state index in [-0.39, 0.29) is 0 Å². The Morgan fingerprint density at radius 1 is 0.789 bits per heavy atom. The van der Waals surface area contributed by atoms with Crippen molar-refractivity contribution in [2.45, 2.75) is 0 Å². The number of fused-ring (bicyclic) bond motifs is 3. The predicted molar refractivity (Wildman–Crippen MR) is 75.6 cm³/mol. The van der Waals surface area contributed by atoms with Crippen LogP contribution in [0.3, 0.4) is 0 Å². The Kier molecular flexibility index (Phi) is 2.41. The first-order chi connectivity index (χ1) is 9.17. The Bertz CT molecular complexity index is 713. The molecule has 0 atom stereocenters. The van der Waals surface area contributed by atoms with Gasteiger partial charge in [0.2, 0.25) is 0 Å². The number of ether oxygens (including phenoxy) is 2. The average molecular weight is 258 g/mol. The van der Waals surface area contributed by atoms with Crippen molar-refractivity contribution in [2.75, 3.05) is 25.7 Å². The number of anilines is 2. The van der Waals surface area contributed by atoms with Crippen molar-refractivity contribution < 1.29 is 13.9 Å². The van der Waals surface area contributed by atoms with E-state index in [2.05, 4.69) is 0 Å². The summed E-state index contributed by atoms with van der Waals surface area (Å²) < 4.78 is 16.2. The summed E-state index contributed by atoms with van der Waals surface area (Å²) >= 11 is 0. The van der Waals surface area contributed by atoms with Crippen molar-refractivity contribution in [3.8, 4) is 11.5 Å². The third-order valence-corrected chi connectivity index (χ3v) is 3.25. The van der Waals surface area contributed by atoms with E-state index in [0.717, 1.165) is 10.8 Å². The Balaban J connectivity index is 2.44. The highest BCUT2D eigenvalue weighted by Crippen LogP contribution is 2.41. The van der Waals surface area contributed by atoms with E-state index in [0.29, 0.717) is 34.0 Å². The molecule has 0 aliphatic carbocycles. The van der Waals surface area contributed by atoms with Crippen LogP contribution in [-0.2, 0) is 0 Å². The Labute approximate surface area is 109 Å². The largest absolute Gasteiger partial charge is 0.494 e. The highest BCUT2D eigenvalue weighted by molar-refractivity contribution is 6.13. The highest BCUT2D eigenvalue weighted by atomic mass is 16.5. The quantitative estimate of drug-likeness (QED) is 0.690. The Hall–Kier alpha value is -2.56. The number of rotatable bonds is 2. The molecule has 0 saturated heterocycles. The van der Waals surface area contributed by atoms with Gasteiger partial charge in [0, 0.05) is 10.8 Å². The molecule has 5 nitrogen and oxygen atoms in total. The second-order valence-electron chi connectivity index (χ2n) is 4.22. The van der Waals surface area contributed by atoms with Gasteiger partial charge in [-0.15, -0.1) is 0 Å². The van der Waals surface area contributed by atoms with Gasteiger partial charge < -0.3 is 25.4 Å². The summed E-state index contributed by atoms with van der Waals surface area (Å²) in [5.74, 6) is 1.16. The van der Waals surface area contributed by atoms with Crippen molar-refractivity contribution in [2.24, 2.45) is 0 Å². The number of nitrogens with two attached hydrogens (primary N) is 2. The van der Waals surface area contributed by atoms with Gasteiger partial charge in [0.1, 0.15) is 22.9 Å². The van der Waals surface area contributed by atoms with Crippen LogP contribution in [0.4, 0.5) is 11.4 Å². The lowest BCUT2D eigenvalue weighted by Gasteiger charge is -2.03. The molecule has 0 unspecified atom stereocenters. The van der Waals surface area contributed by atoms with Crippen LogP contribution in [-0.4, -0.2) is 14.2 Å². The minimum atomic E-state index is 0.467. The molecule has 0 radical (unpaired) electrons. The number of methoxy groups -OCH3 is 2. The molecule has 0 aliphatic heterocycles. The lowest BCUT2D eigenvalue weighted by molar-refractivity contribution is 0.416. The fourth-order valence-electron chi connectivity index (χ4n) is 2.27. The summed E-state index contributed by atoms with van der Waals surface area (Å²) in [6.07, 6.45) is 0. The molecule has 1 heterocycles. The topological polar surface area (TPSA) is 83.6 Å². The van der Waals surface area contributed by atoms with Crippen LogP contribution in [0.25, 0.3) is 21.9 Å². The van der Waals surface area contributed by atoms with Crippen LogP contribution in [0.2, 0.25) is 0 Å². The van der Waals surface area contributed by atoms with E-state index < -0.39 is 0 Å². The second kappa shape index (κ2) is 3.98. The Morgan fingerprint density at radius 3 is 1.58 bits per heavy atom. The molecule has 0 fully saturated rings. The predicted octanol–water partition coefficient (Wildman–Crippen LogP) is 2.77. The normalized spacial score (nSPS) is 11.1. The van der Waals surface area contributed by atoms with E-state index in [1.807, 2.05) is 24.3 Å². The van der Waals surface area contributed by atoms with Gasteiger partial charge in [-0.05, 0) is 24.3 Å². The summed E-state index contributed by atoms with van der Waals surface area (Å²) in [4.78, 5) is 0. The lowest BCUT2D eigenvalue weighted by atomic mass is 10.1. The summed E-state index contributed by atoms with van der Waals surface area (Å²) in [6.45, 7) is 0. The van der Waals surface area contributed by atoms with Crippen LogP contribution < -0.4 is 20.9 Å². The summed E-state index contributed by atoms with van der Waals surface area (Å²) in [7, 11) is 3.13. The zero-order chi connectivity index (χ0) is 13.6.